The number of carbonyl (C=O) groups excluding carboxylic acids is 1. The van der Waals surface area contributed by atoms with E-state index in [4.69, 9.17) is 0 Å². The van der Waals surface area contributed by atoms with Gasteiger partial charge in [-0.05, 0) is 48.9 Å². The van der Waals surface area contributed by atoms with Gasteiger partial charge >= 0.3 is 6.03 Å². The maximum Gasteiger partial charge on any atom is 0.322 e. The number of hydrogen-bond acceptors (Lipinski definition) is 1. The molecule has 1 atom stereocenters. The molecule has 6 heteroatoms. The second kappa shape index (κ2) is 6.61. The van der Waals surface area contributed by atoms with Crippen LogP contribution in [-0.4, -0.2) is 15.5 Å². The van der Waals surface area contributed by atoms with Gasteiger partial charge in [0.1, 0.15) is 5.82 Å². The molecule has 1 aliphatic heterocycles. The fourth-order valence-electron chi connectivity index (χ4n) is 3.34. The largest absolute Gasteiger partial charge is 0.322 e. The summed E-state index contributed by atoms with van der Waals surface area (Å²) in [5.74, 6) is -0.473. The van der Waals surface area contributed by atoms with E-state index in [-0.39, 0.29) is 17.8 Å². The van der Waals surface area contributed by atoms with Crippen molar-refractivity contribution in [3.8, 4) is 5.69 Å². The number of carbonyl (C=O) groups is 1. The first-order chi connectivity index (χ1) is 12.5. The van der Waals surface area contributed by atoms with Crippen molar-refractivity contribution >= 4 is 27.6 Å². The van der Waals surface area contributed by atoms with Crippen molar-refractivity contribution in [2.45, 2.75) is 19.5 Å². The first-order valence-corrected chi connectivity index (χ1v) is 9.12. The Balaban J connectivity index is 1.70. The first-order valence-electron chi connectivity index (χ1n) is 8.33. The predicted octanol–water partition coefficient (Wildman–Crippen LogP) is 5.49. The fraction of sp³-hybridized carbons (Fsp3) is 0.150. The van der Waals surface area contributed by atoms with Crippen LogP contribution < -0.4 is 5.32 Å². The molecule has 4 nitrogen and oxygen atoms in total. The van der Waals surface area contributed by atoms with Crippen LogP contribution in [0.2, 0.25) is 0 Å². The summed E-state index contributed by atoms with van der Waals surface area (Å²) in [7, 11) is 0. The number of nitrogens with one attached hydrogen (secondary N) is 1. The molecule has 0 spiro atoms. The van der Waals surface area contributed by atoms with E-state index in [1.807, 2.05) is 49.5 Å². The zero-order valence-electron chi connectivity index (χ0n) is 14.1. The molecule has 4 rings (SSSR count). The molecule has 132 valence electrons. The van der Waals surface area contributed by atoms with Gasteiger partial charge in [0.15, 0.2) is 0 Å². The van der Waals surface area contributed by atoms with E-state index in [0.29, 0.717) is 11.0 Å². The first kappa shape index (κ1) is 16.8. The highest BCUT2D eigenvalue weighted by Gasteiger charge is 2.28. The SMILES string of the molecule is CC1c2cccn2-c2ccccc2CN1C(=O)Nc1ccc(Br)cc1F. The maximum absolute atomic E-state index is 14.1. The molecule has 1 aliphatic rings. The highest BCUT2D eigenvalue weighted by atomic mass is 79.9. The van der Waals surface area contributed by atoms with E-state index in [1.165, 1.54) is 6.07 Å². The minimum atomic E-state index is -0.473. The van der Waals surface area contributed by atoms with Gasteiger partial charge in [0, 0.05) is 16.4 Å². The zero-order valence-corrected chi connectivity index (χ0v) is 15.7. The van der Waals surface area contributed by atoms with Crippen molar-refractivity contribution in [3.63, 3.8) is 0 Å². The van der Waals surface area contributed by atoms with Crippen LogP contribution >= 0.6 is 15.9 Å². The van der Waals surface area contributed by atoms with Gasteiger partial charge in [-0.2, -0.15) is 0 Å². The average molecular weight is 414 g/mol. The Morgan fingerprint density at radius 3 is 2.81 bits per heavy atom. The van der Waals surface area contributed by atoms with Gasteiger partial charge in [0.2, 0.25) is 0 Å². The molecule has 0 radical (unpaired) electrons. The molecule has 0 aliphatic carbocycles. The highest BCUT2D eigenvalue weighted by Crippen LogP contribution is 2.32. The number of rotatable bonds is 1. The van der Waals surface area contributed by atoms with Crippen molar-refractivity contribution in [1.29, 1.82) is 0 Å². The molecular formula is C20H17BrFN3O. The van der Waals surface area contributed by atoms with E-state index in [9.17, 15) is 9.18 Å². The Labute approximate surface area is 159 Å². The van der Waals surface area contributed by atoms with Crippen molar-refractivity contribution in [1.82, 2.24) is 9.47 Å². The summed E-state index contributed by atoms with van der Waals surface area (Å²) in [4.78, 5) is 14.7. The Morgan fingerprint density at radius 2 is 2.00 bits per heavy atom. The number of halogens is 2. The number of para-hydroxylation sites is 1. The fourth-order valence-corrected chi connectivity index (χ4v) is 3.67. The Bertz CT molecular complexity index is 985. The number of urea groups is 1. The van der Waals surface area contributed by atoms with E-state index < -0.39 is 5.82 Å². The number of hydrogen-bond donors (Lipinski definition) is 1. The predicted molar refractivity (Wildman–Crippen MR) is 103 cm³/mol. The average Bonchev–Trinajstić information content (AvgIpc) is 3.07. The second-order valence-corrected chi connectivity index (χ2v) is 7.21. The standard InChI is InChI=1S/C20H17BrFN3O/c1-13-18-7-4-10-24(18)19-6-3-2-5-14(19)12-25(13)20(26)23-17-9-8-15(21)11-16(17)22/h2-11,13H,12H2,1H3,(H,23,26). The van der Waals surface area contributed by atoms with Crippen LogP contribution in [0.1, 0.15) is 24.2 Å². The van der Waals surface area contributed by atoms with Crippen LogP contribution in [0.25, 0.3) is 5.69 Å². The van der Waals surface area contributed by atoms with E-state index >= 15 is 0 Å². The van der Waals surface area contributed by atoms with Gasteiger partial charge in [0.05, 0.1) is 24.0 Å². The van der Waals surface area contributed by atoms with Crippen molar-refractivity contribution in [2.75, 3.05) is 5.32 Å². The van der Waals surface area contributed by atoms with Crippen LogP contribution in [0.4, 0.5) is 14.9 Å². The van der Waals surface area contributed by atoms with Crippen LogP contribution in [0.3, 0.4) is 0 Å². The molecule has 2 amide bonds. The summed E-state index contributed by atoms with van der Waals surface area (Å²) in [6, 6.07) is 16.1. The van der Waals surface area contributed by atoms with Crippen molar-refractivity contribution in [3.05, 3.63) is 82.3 Å². The van der Waals surface area contributed by atoms with Crippen LogP contribution in [0.5, 0.6) is 0 Å². The molecule has 0 saturated carbocycles. The monoisotopic (exact) mass is 413 g/mol. The molecule has 1 N–H and O–H groups in total. The molecule has 1 unspecified atom stereocenters. The molecule has 0 saturated heterocycles. The summed E-state index contributed by atoms with van der Waals surface area (Å²) in [6.45, 7) is 2.43. The highest BCUT2D eigenvalue weighted by molar-refractivity contribution is 9.10. The number of nitrogens with zero attached hydrogens (tertiary/aromatic N) is 2. The van der Waals surface area contributed by atoms with E-state index in [1.54, 1.807) is 17.0 Å². The molecular weight excluding hydrogens is 397 g/mol. The molecule has 1 aromatic heterocycles. The minimum absolute atomic E-state index is 0.157. The number of amides is 2. The summed E-state index contributed by atoms with van der Waals surface area (Å²) < 4.78 is 16.8. The number of fused-ring (bicyclic) bond motifs is 3. The number of benzene rings is 2. The van der Waals surface area contributed by atoms with Gasteiger partial charge in [-0.3, -0.25) is 0 Å². The number of aromatic nitrogens is 1. The van der Waals surface area contributed by atoms with Gasteiger partial charge in [-0.25, -0.2) is 9.18 Å². The quantitative estimate of drug-likeness (QED) is 0.562. The minimum Gasteiger partial charge on any atom is -0.318 e. The van der Waals surface area contributed by atoms with Gasteiger partial charge in [-0.15, -0.1) is 0 Å². The van der Waals surface area contributed by atoms with Crippen LogP contribution in [0.15, 0.2) is 65.3 Å². The zero-order chi connectivity index (χ0) is 18.3. The third kappa shape index (κ3) is 2.90. The summed E-state index contributed by atoms with van der Waals surface area (Å²) in [5, 5.41) is 2.70. The lowest BCUT2D eigenvalue weighted by Crippen LogP contribution is -2.36. The lowest BCUT2D eigenvalue weighted by atomic mass is 10.1. The van der Waals surface area contributed by atoms with Gasteiger partial charge in [-0.1, -0.05) is 34.1 Å². The van der Waals surface area contributed by atoms with Crippen molar-refractivity contribution in [2.24, 2.45) is 0 Å². The molecule has 2 aromatic carbocycles. The normalized spacial score (nSPS) is 15.8. The summed E-state index contributed by atoms with van der Waals surface area (Å²) >= 11 is 3.22. The smallest absolute Gasteiger partial charge is 0.318 e. The lowest BCUT2D eigenvalue weighted by Gasteiger charge is -2.27. The molecule has 26 heavy (non-hydrogen) atoms. The molecule has 2 heterocycles. The second-order valence-electron chi connectivity index (χ2n) is 6.29. The molecule has 0 fully saturated rings. The Hall–Kier alpha value is -2.60. The van der Waals surface area contributed by atoms with Gasteiger partial charge < -0.3 is 14.8 Å². The topological polar surface area (TPSA) is 37.3 Å². The summed E-state index contributed by atoms with van der Waals surface area (Å²) in [6.07, 6.45) is 2.00. The van der Waals surface area contributed by atoms with E-state index in [2.05, 4.69) is 25.8 Å². The Morgan fingerprint density at radius 1 is 1.19 bits per heavy atom. The third-order valence-corrected chi connectivity index (χ3v) is 5.19. The van der Waals surface area contributed by atoms with Crippen LogP contribution in [-0.2, 0) is 6.54 Å². The maximum atomic E-state index is 14.1. The van der Waals surface area contributed by atoms with E-state index in [0.717, 1.165) is 16.9 Å². The third-order valence-electron chi connectivity index (χ3n) is 4.70. The summed E-state index contributed by atoms with van der Waals surface area (Å²) in [5.41, 5.74) is 3.28. The van der Waals surface area contributed by atoms with Gasteiger partial charge in [0.25, 0.3) is 0 Å². The molecule has 3 aromatic rings. The lowest BCUT2D eigenvalue weighted by molar-refractivity contribution is 0.189. The molecule has 0 bridgehead atoms. The Kier molecular flexibility index (Phi) is 4.28. The number of anilines is 1. The van der Waals surface area contributed by atoms with Crippen molar-refractivity contribution < 1.29 is 9.18 Å². The van der Waals surface area contributed by atoms with Crippen LogP contribution in [0, 0.1) is 5.82 Å².